The van der Waals surface area contributed by atoms with E-state index in [1.165, 1.54) is 17.0 Å². The zero-order chi connectivity index (χ0) is 19.6. The summed E-state index contributed by atoms with van der Waals surface area (Å²) >= 11 is 0. The summed E-state index contributed by atoms with van der Waals surface area (Å²) in [6.07, 6.45) is 0. The monoisotopic (exact) mass is 362 g/mol. The Morgan fingerprint density at radius 3 is 1.33 bits per heavy atom. The van der Waals surface area contributed by atoms with E-state index in [0.29, 0.717) is 0 Å². The van der Waals surface area contributed by atoms with Crippen LogP contribution in [0.1, 0.15) is 58.5 Å². The van der Waals surface area contributed by atoms with Gasteiger partial charge in [0.1, 0.15) is 6.54 Å². The third-order valence-electron chi connectivity index (χ3n) is 3.08. The van der Waals surface area contributed by atoms with Crippen molar-refractivity contribution in [3.05, 3.63) is 29.1 Å². The molecule has 0 saturated heterocycles. The molecular formula is C17H31ClN2O4. The van der Waals surface area contributed by atoms with Crippen LogP contribution in [-0.4, -0.2) is 30.6 Å². The van der Waals surface area contributed by atoms with Crippen LogP contribution >= 0.6 is 0 Å². The number of hydrogen-bond acceptors (Lipinski definition) is 5. The summed E-state index contributed by atoms with van der Waals surface area (Å²) in [5, 5.41) is 0. The third-order valence-corrected chi connectivity index (χ3v) is 3.08. The molecule has 0 fully saturated rings. The average Bonchev–Trinajstić information content (AvgIpc) is 2.21. The van der Waals surface area contributed by atoms with Crippen molar-refractivity contribution in [2.24, 2.45) is 0 Å². The van der Waals surface area contributed by atoms with Gasteiger partial charge >= 0.3 is 0 Å². The van der Waals surface area contributed by atoms with Gasteiger partial charge in [-0.25, -0.2) is 18.6 Å². The van der Waals surface area contributed by atoms with Gasteiger partial charge < -0.3 is 4.48 Å². The number of hydrogen-bond donors (Lipinski definition) is 0. The summed E-state index contributed by atoms with van der Waals surface area (Å²) in [4.78, 5) is 4.90. The van der Waals surface area contributed by atoms with Gasteiger partial charge in [-0.2, -0.15) is 0 Å². The molecule has 0 atom stereocenters. The minimum absolute atomic E-state index is 0.0981. The molecule has 24 heavy (non-hydrogen) atoms. The molecule has 0 unspecified atom stereocenters. The minimum Gasteiger partial charge on any atom is -0.327 e. The molecule has 6 nitrogen and oxygen atoms in total. The first-order valence-corrected chi connectivity index (χ1v) is 8.96. The molecule has 0 aliphatic rings. The molecule has 0 aliphatic heterocycles. The van der Waals surface area contributed by atoms with Gasteiger partial charge in [-0.05, 0) is 12.1 Å². The fraction of sp³-hybridized carbons (Fsp3) is 0.706. The molecule has 0 amide bonds. The molecule has 1 aromatic rings. The smallest absolute Gasteiger partial charge is 0.104 e. The Morgan fingerprint density at radius 1 is 0.833 bits per heavy atom. The second-order valence-corrected chi connectivity index (χ2v) is 9.83. The Morgan fingerprint density at radius 2 is 1.12 bits per heavy atom. The average molecular weight is 363 g/mol. The van der Waals surface area contributed by atoms with Crippen molar-refractivity contribution >= 4 is 0 Å². The highest BCUT2D eigenvalue weighted by molar-refractivity contribution is 5.28. The van der Waals surface area contributed by atoms with Gasteiger partial charge in [-0.3, -0.25) is 4.98 Å². The molecule has 1 aromatic heterocycles. The topological polar surface area (TPSA) is 105 Å². The van der Waals surface area contributed by atoms with Gasteiger partial charge in [-0.1, -0.05) is 41.5 Å². The fourth-order valence-electron chi connectivity index (χ4n) is 1.99. The number of aromatic nitrogens is 1. The van der Waals surface area contributed by atoms with Crippen LogP contribution in [0.4, 0.5) is 0 Å². The number of quaternary nitrogens is 1. The molecule has 0 aromatic carbocycles. The van der Waals surface area contributed by atoms with E-state index in [1.807, 2.05) is 0 Å². The van der Waals surface area contributed by atoms with Crippen molar-refractivity contribution in [2.75, 3.05) is 21.1 Å². The van der Waals surface area contributed by atoms with Crippen LogP contribution in [0.2, 0.25) is 0 Å². The van der Waals surface area contributed by atoms with Crippen molar-refractivity contribution in [3.8, 4) is 0 Å². The molecule has 0 radical (unpaired) electrons. The SMILES string of the molecule is CC(C)(C)c1cc(C[N+](C)(C)C)cc(C(C)(C)C)n1.[O-][Cl+3]([O-])([O-])[O-]. The zero-order valence-corrected chi connectivity index (χ0v) is 17.0. The second kappa shape index (κ2) is 7.64. The Bertz CT molecular complexity index is 497. The highest BCUT2D eigenvalue weighted by Crippen LogP contribution is 2.27. The van der Waals surface area contributed by atoms with E-state index >= 15 is 0 Å². The van der Waals surface area contributed by atoms with Crippen LogP contribution in [0.15, 0.2) is 12.1 Å². The molecule has 0 bridgehead atoms. The van der Waals surface area contributed by atoms with Gasteiger partial charge in [0.05, 0.1) is 21.1 Å². The Labute approximate surface area is 148 Å². The molecule has 1 heterocycles. The molecule has 140 valence electrons. The van der Waals surface area contributed by atoms with Crippen molar-refractivity contribution < 1.29 is 33.4 Å². The largest absolute Gasteiger partial charge is 0.327 e. The van der Waals surface area contributed by atoms with E-state index in [2.05, 4.69) is 74.8 Å². The summed E-state index contributed by atoms with van der Waals surface area (Å²) in [6, 6.07) is 4.55. The molecule has 0 N–H and O–H groups in total. The van der Waals surface area contributed by atoms with Crippen LogP contribution in [0.25, 0.3) is 0 Å². The van der Waals surface area contributed by atoms with E-state index < -0.39 is 10.2 Å². The van der Waals surface area contributed by atoms with Crippen LogP contribution in [0.3, 0.4) is 0 Å². The first-order chi connectivity index (χ1) is 10.3. The number of halogens is 1. The maximum absolute atomic E-state index is 8.49. The maximum Gasteiger partial charge on any atom is 0.104 e. The second-order valence-electron chi connectivity index (χ2n) is 9.07. The summed E-state index contributed by atoms with van der Waals surface area (Å²) in [5.41, 5.74) is 3.98. The zero-order valence-electron chi connectivity index (χ0n) is 16.3. The summed E-state index contributed by atoms with van der Waals surface area (Å²) in [5.74, 6) is 0. The highest BCUT2D eigenvalue weighted by Gasteiger charge is 2.23. The van der Waals surface area contributed by atoms with Crippen LogP contribution < -0.4 is 18.6 Å². The quantitative estimate of drug-likeness (QED) is 0.636. The first kappa shape index (κ1) is 23.2. The van der Waals surface area contributed by atoms with E-state index in [9.17, 15) is 0 Å². The van der Waals surface area contributed by atoms with Crippen LogP contribution in [0, 0.1) is 10.2 Å². The van der Waals surface area contributed by atoms with E-state index in [1.54, 1.807) is 0 Å². The number of rotatable bonds is 2. The Kier molecular flexibility index (Phi) is 7.40. The van der Waals surface area contributed by atoms with Crippen molar-refractivity contribution in [2.45, 2.75) is 58.9 Å². The van der Waals surface area contributed by atoms with E-state index in [-0.39, 0.29) is 10.8 Å². The van der Waals surface area contributed by atoms with E-state index in [0.717, 1.165) is 11.0 Å². The molecule has 0 saturated carbocycles. The maximum atomic E-state index is 8.49. The van der Waals surface area contributed by atoms with Crippen molar-refractivity contribution in [3.63, 3.8) is 0 Å². The van der Waals surface area contributed by atoms with Crippen LogP contribution in [-0.2, 0) is 17.4 Å². The molecule has 1 rings (SSSR count). The molecular weight excluding hydrogens is 332 g/mol. The predicted molar refractivity (Wildman–Crippen MR) is 83.4 cm³/mol. The van der Waals surface area contributed by atoms with Gasteiger partial charge in [0.2, 0.25) is 0 Å². The lowest BCUT2D eigenvalue weighted by atomic mass is 9.86. The van der Waals surface area contributed by atoms with Crippen molar-refractivity contribution in [1.82, 2.24) is 4.98 Å². The summed E-state index contributed by atoms with van der Waals surface area (Å²) in [7, 11) is 1.75. The van der Waals surface area contributed by atoms with Gasteiger partial charge in [0.15, 0.2) is 0 Å². The fourth-order valence-corrected chi connectivity index (χ4v) is 1.99. The minimum atomic E-state index is -4.94. The Hall–Kier alpha value is -0.760. The summed E-state index contributed by atoms with van der Waals surface area (Å²) in [6.45, 7) is 14.4. The number of nitrogens with zero attached hydrogens (tertiary/aromatic N) is 2. The van der Waals surface area contributed by atoms with Gasteiger partial charge in [0.25, 0.3) is 0 Å². The lowest BCUT2D eigenvalue weighted by molar-refractivity contribution is -2.00. The third kappa shape index (κ3) is 10.9. The number of pyridine rings is 1. The molecule has 0 spiro atoms. The van der Waals surface area contributed by atoms with Gasteiger partial charge in [0, 0.05) is 27.8 Å². The lowest BCUT2D eigenvalue weighted by Crippen LogP contribution is -2.68. The van der Waals surface area contributed by atoms with Crippen LogP contribution in [0.5, 0.6) is 0 Å². The predicted octanol–water partition coefficient (Wildman–Crippen LogP) is -0.873. The lowest BCUT2D eigenvalue weighted by Gasteiger charge is -2.28. The van der Waals surface area contributed by atoms with Crippen molar-refractivity contribution in [1.29, 1.82) is 0 Å². The standard InChI is InChI=1S/C17H31N2.ClHO4/c1-16(2,3)14-10-13(12-19(7,8)9)11-15(18-14)17(4,5)6;2-1(3,4)5/h10-11H,12H2,1-9H3;(H,2,3,4,5)/q+1;/p-1. The summed E-state index contributed by atoms with van der Waals surface area (Å²) < 4.78 is 34.9. The first-order valence-electron chi connectivity index (χ1n) is 7.73. The normalized spacial score (nSPS) is 13.4. The van der Waals surface area contributed by atoms with E-state index in [4.69, 9.17) is 23.6 Å². The highest BCUT2D eigenvalue weighted by atomic mass is 35.7. The Balaban J connectivity index is 0.000000922. The molecule has 0 aliphatic carbocycles. The molecule has 7 heteroatoms. The van der Waals surface area contributed by atoms with Gasteiger partial charge in [-0.15, -0.1) is 10.2 Å².